The second-order valence-electron chi connectivity index (χ2n) is 4.45. The topological polar surface area (TPSA) is 55.8 Å². The molecule has 1 atom stereocenters. The number of aliphatic carboxylic acids is 1. The van der Waals surface area contributed by atoms with E-state index in [1.807, 2.05) is 30.3 Å². The Morgan fingerprint density at radius 1 is 1.16 bits per heavy atom. The van der Waals surface area contributed by atoms with Crippen LogP contribution in [0.25, 0.3) is 0 Å². The molecule has 0 aliphatic carbocycles. The van der Waals surface area contributed by atoms with Gasteiger partial charge in [-0.3, -0.25) is 0 Å². The van der Waals surface area contributed by atoms with E-state index in [4.69, 9.17) is 14.6 Å². The average Bonchev–Trinajstić information content (AvgIpc) is 2.42. The maximum Gasteiger partial charge on any atom is 0.332 e. The molecule has 0 amide bonds. The molecule has 0 fully saturated rings. The van der Waals surface area contributed by atoms with Crippen molar-refractivity contribution >= 4 is 5.97 Å². The first-order chi connectivity index (χ1) is 9.20. The Kier molecular flexibility index (Phi) is 7.86. The Morgan fingerprint density at radius 3 is 2.53 bits per heavy atom. The number of carboxylic acid groups (broad SMARTS) is 1. The van der Waals surface area contributed by atoms with Gasteiger partial charge in [0, 0.05) is 13.2 Å². The molecule has 1 rings (SSSR count). The van der Waals surface area contributed by atoms with Gasteiger partial charge in [-0.1, -0.05) is 30.3 Å². The summed E-state index contributed by atoms with van der Waals surface area (Å²) in [5.41, 5.74) is 1.18. The summed E-state index contributed by atoms with van der Waals surface area (Å²) in [4.78, 5) is 10.5. The fourth-order valence-corrected chi connectivity index (χ4v) is 1.58. The van der Waals surface area contributed by atoms with Gasteiger partial charge in [0.05, 0.1) is 6.61 Å². The van der Waals surface area contributed by atoms with E-state index >= 15 is 0 Å². The van der Waals surface area contributed by atoms with Crippen molar-refractivity contribution in [3.63, 3.8) is 0 Å². The first kappa shape index (κ1) is 15.7. The monoisotopic (exact) mass is 266 g/mol. The summed E-state index contributed by atoms with van der Waals surface area (Å²) in [7, 11) is 0. The fourth-order valence-electron chi connectivity index (χ4n) is 1.58. The molecule has 1 aromatic carbocycles. The van der Waals surface area contributed by atoms with Crippen molar-refractivity contribution in [3.05, 3.63) is 35.9 Å². The standard InChI is InChI=1S/C15H22O4/c1-13(15(16)17)19-11-7-3-6-10-18-12-14-8-4-2-5-9-14/h2,4-5,8-9,13H,3,6-7,10-12H2,1H3,(H,16,17)/t13-/m0/s1. The van der Waals surface area contributed by atoms with E-state index in [0.29, 0.717) is 13.2 Å². The Hall–Kier alpha value is -1.39. The summed E-state index contributed by atoms with van der Waals surface area (Å²) < 4.78 is 10.7. The second kappa shape index (κ2) is 9.53. The predicted octanol–water partition coefficient (Wildman–Crippen LogP) is 2.86. The van der Waals surface area contributed by atoms with E-state index in [1.54, 1.807) is 6.92 Å². The van der Waals surface area contributed by atoms with E-state index < -0.39 is 12.1 Å². The number of hydrogen-bond acceptors (Lipinski definition) is 3. The highest BCUT2D eigenvalue weighted by Gasteiger charge is 2.09. The number of benzene rings is 1. The molecule has 19 heavy (non-hydrogen) atoms. The van der Waals surface area contributed by atoms with Crippen molar-refractivity contribution in [2.24, 2.45) is 0 Å². The molecule has 4 heteroatoms. The molecule has 0 aliphatic rings. The molecule has 0 heterocycles. The molecule has 0 saturated heterocycles. The van der Waals surface area contributed by atoms with E-state index in [9.17, 15) is 4.79 Å². The molecule has 0 saturated carbocycles. The van der Waals surface area contributed by atoms with Crippen molar-refractivity contribution in [1.82, 2.24) is 0 Å². The fraction of sp³-hybridized carbons (Fsp3) is 0.533. The zero-order valence-electron chi connectivity index (χ0n) is 11.4. The summed E-state index contributed by atoms with van der Waals surface area (Å²) in [6.07, 6.45) is 2.11. The van der Waals surface area contributed by atoms with Gasteiger partial charge in [0.15, 0.2) is 6.10 Å². The summed E-state index contributed by atoms with van der Waals surface area (Å²) in [5.74, 6) is -0.911. The molecule has 1 aromatic rings. The zero-order chi connectivity index (χ0) is 13.9. The first-order valence-corrected chi connectivity index (χ1v) is 6.66. The molecular formula is C15H22O4. The summed E-state index contributed by atoms with van der Waals surface area (Å²) in [6, 6.07) is 10.1. The first-order valence-electron chi connectivity index (χ1n) is 6.66. The van der Waals surface area contributed by atoms with Crippen molar-refractivity contribution in [2.45, 2.75) is 38.9 Å². The van der Waals surface area contributed by atoms with Crippen LogP contribution in [0.1, 0.15) is 31.7 Å². The van der Waals surface area contributed by atoms with Crippen molar-refractivity contribution in [1.29, 1.82) is 0 Å². The molecule has 0 unspecified atom stereocenters. The number of unbranched alkanes of at least 4 members (excludes halogenated alkanes) is 2. The zero-order valence-corrected chi connectivity index (χ0v) is 11.4. The van der Waals surface area contributed by atoms with Crippen LogP contribution in [0.4, 0.5) is 0 Å². The maximum absolute atomic E-state index is 10.5. The van der Waals surface area contributed by atoms with Gasteiger partial charge < -0.3 is 14.6 Å². The summed E-state index contributed by atoms with van der Waals surface area (Å²) in [6.45, 7) is 3.41. The minimum atomic E-state index is -0.911. The lowest BCUT2D eigenvalue weighted by molar-refractivity contribution is -0.149. The number of carbonyl (C=O) groups is 1. The largest absolute Gasteiger partial charge is 0.479 e. The van der Waals surface area contributed by atoms with Gasteiger partial charge in [0.2, 0.25) is 0 Å². The van der Waals surface area contributed by atoms with Crippen LogP contribution in [-0.2, 0) is 20.9 Å². The normalized spacial score (nSPS) is 12.3. The Labute approximate surface area is 114 Å². The van der Waals surface area contributed by atoms with Crippen LogP contribution in [0.5, 0.6) is 0 Å². The van der Waals surface area contributed by atoms with Crippen molar-refractivity contribution in [3.8, 4) is 0 Å². The van der Waals surface area contributed by atoms with Crippen LogP contribution in [0.3, 0.4) is 0 Å². The summed E-state index contributed by atoms with van der Waals surface area (Å²) in [5, 5.41) is 8.62. The third-order valence-electron chi connectivity index (χ3n) is 2.76. The third kappa shape index (κ3) is 7.59. The van der Waals surface area contributed by atoms with Gasteiger partial charge >= 0.3 is 5.97 Å². The molecular weight excluding hydrogens is 244 g/mol. The smallest absolute Gasteiger partial charge is 0.332 e. The van der Waals surface area contributed by atoms with Gasteiger partial charge in [-0.15, -0.1) is 0 Å². The molecule has 4 nitrogen and oxygen atoms in total. The van der Waals surface area contributed by atoms with Crippen molar-refractivity contribution < 1.29 is 19.4 Å². The molecule has 0 spiro atoms. The molecule has 106 valence electrons. The molecule has 0 aliphatic heterocycles. The third-order valence-corrected chi connectivity index (χ3v) is 2.76. The lowest BCUT2D eigenvalue weighted by Crippen LogP contribution is -2.20. The highest BCUT2D eigenvalue weighted by atomic mass is 16.5. The maximum atomic E-state index is 10.5. The van der Waals surface area contributed by atoms with Gasteiger partial charge in [-0.25, -0.2) is 4.79 Å². The number of hydrogen-bond donors (Lipinski definition) is 1. The van der Waals surface area contributed by atoms with Gasteiger partial charge in [0.25, 0.3) is 0 Å². The minimum Gasteiger partial charge on any atom is -0.479 e. The highest BCUT2D eigenvalue weighted by molar-refractivity contribution is 5.71. The van der Waals surface area contributed by atoms with E-state index in [2.05, 4.69) is 0 Å². The van der Waals surface area contributed by atoms with E-state index in [1.165, 1.54) is 5.56 Å². The highest BCUT2D eigenvalue weighted by Crippen LogP contribution is 2.03. The van der Waals surface area contributed by atoms with Crippen LogP contribution in [-0.4, -0.2) is 30.4 Å². The lowest BCUT2D eigenvalue weighted by Gasteiger charge is -2.08. The molecule has 1 N–H and O–H groups in total. The number of ether oxygens (including phenoxy) is 2. The lowest BCUT2D eigenvalue weighted by atomic mass is 10.2. The Bertz CT molecular complexity index is 350. The number of carboxylic acids is 1. The Morgan fingerprint density at radius 2 is 1.84 bits per heavy atom. The van der Waals surface area contributed by atoms with E-state index in [0.717, 1.165) is 25.9 Å². The minimum absolute atomic E-state index is 0.492. The number of rotatable bonds is 10. The Balaban J connectivity index is 1.90. The van der Waals surface area contributed by atoms with Gasteiger partial charge in [0.1, 0.15) is 0 Å². The predicted molar refractivity (Wildman–Crippen MR) is 73.0 cm³/mol. The van der Waals surface area contributed by atoms with Crippen LogP contribution in [0.2, 0.25) is 0 Å². The van der Waals surface area contributed by atoms with Crippen LogP contribution in [0.15, 0.2) is 30.3 Å². The van der Waals surface area contributed by atoms with Crippen LogP contribution in [0, 0.1) is 0 Å². The van der Waals surface area contributed by atoms with Gasteiger partial charge in [-0.05, 0) is 31.7 Å². The van der Waals surface area contributed by atoms with E-state index in [-0.39, 0.29) is 0 Å². The molecule has 0 aromatic heterocycles. The average molecular weight is 266 g/mol. The molecule has 0 radical (unpaired) electrons. The summed E-state index contributed by atoms with van der Waals surface area (Å²) >= 11 is 0. The molecule has 0 bridgehead atoms. The van der Waals surface area contributed by atoms with Gasteiger partial charge in [-0.2, -0.15) is 0 Å². The quantitative estimate of drug-likeness (QED) is 0.662. The van der Waals surface area contributed by atoms with Crippen molar-refractivity contribution in [2.75, 3.05) is 13.2 Å². The SMILES string of the molecule is C[C@H](OCCCCCOCc1ccccc1)C(=O)O. The van der Waals surface area contributed by atoms with Crippen LogP contribution < -0.4 is 0 Å². The second-order valence-corrected chi connectivity index (χ2v) is 4.45. The van der Waals surface area contributed by atoms with Crippen LogP contribution >= 0.6 is 0 Å².